The molecule has 0 aromatic carbocycles. The standard InChI is InChI=1S/C15H26N4O4S/c1-9(22-6)12-16-13(24-17-12)18(5)10-7-19(8-11(10)20)14(21)23-15(2,3)4/h9-11,20H,7-8H2,1-6H3/t9?,10-,11-/m0/s1. The van der Waals surface area contributed by atoms with Crippen LogP contribution in [0, 0.1) is 0 Å². The number of likely N-dealkylation sites (tertiary alicyclic amines) is 1. The van der Waals surface area contributed by atoms with E-state index in [4.69, 9.17) is 9.47 Å². The fourth-order valence-corrected chi connectivity index (χ4v) is 3.17. The zero-order valence-electron chi connectivity index (χ0n) is 15.0. The van der Waals surface area contributed by atoms with Crippen molar-refractivity contribution in [2.24, 2.45) is 0 Å². The van der Waals surface area contributed by atoms with E-state index in [1.54, 1.807) is 7.11 Å². The van der Waals surface area contributed by atoms with Crippen molar-refractivity contribution in [3.63, 3.8) is 0 Å². The Bertz CT molecular complexity index is 574. The first-order chi connectivity index (χ1) is 11.1. The Morgan fingerprint density at radius 1 is 1.46 bits per heavy atom. The Morgan fingerprint density at radius 2 is 2.12 bits per heavy atom. The highest BCUT2D eigenvalue weighted by atomic mass is 32.1. The van der Waals surface area contributed by atoms with Crippen molar-refractivity contribution >= 4 is 22.8 Å². The molecule has 0 saturated carbocycles. The summed E-state index contributed by atoms with van der Waals surface area (Å²) in [5.41, 5.74) is -0.559. The number of aliphatic hydroxyl groups is 1. The molecule has 1 fully saturated rings. The molecule has 0 spiro atoms. The summed E-state index contributed by atoms with van der Waals surface area (Å²) in [6.45, 7) is 7.95. The zero-order valence-corrected chi connectivity index (χ0v) is 15.8. The van der Waals surface area contributed by atoms with Crippen molar-refractivity contribution in [1.29, 1.82) is 0 Å². The molecule has 0 bridgehead atoms. The highest BCUT2D eigenvalue weighted by molar-refractivity contribution is 7.09. The van der Waals surface area contributed by atoms with E-state index >= 15 is 0 Å². The van der Waals surface area contributed by atoms with Gasteiger partial charge in [0.2, 0.25) is 5.13 Å². The van der Waals surface area contributed by atoms with Gasteiger partial charge in [0.1, 0.15) is 11.7 Å². The van der Waals surface area contributed by atoms with Gasteiger partial charge in [-0.2, -0.15) is 4.37 Å². The van der Waals surface area contributed by atoms with Crippen LogP contribution >= 0.6 is 11.5 Å². The first kappa shape index (κ1) is 18.9. The predicted octanol–water partition coefficient (Wildman–Crippen LogP) is 1.66. The topological polar surface area (TPSA) is 88.0 Å². The number of amides is 1. The minimum absolute atomic E-state index is 0.185. The smallest absolute Gasteiger partial charge is 0.410 e. The van der Waals surface area contributed by atoms with E-state index in [2.05, 4.69) is 9.36 Å². The third-order valence-corrected chi connectivity index (χ3v) is 4.68. The molecular weight excluding hydrogens is 332 g/mol. The third kappa shape index (κ3) is 4.34. The van der Waals surface area contributed by atoms with Gasteiger partial charge in [0.15, 0.2) is 5.82 Å². The molecular formula is C15H26N4O4S. The number of aromatic nitrogens is 2. The molecule has 1 saturated heterocycles. The van der Waals surface area contributed by atoms with E-state index in [1.807, 2.05) is 39.6 Å². The van der Waals surface area contributed by atoms with Gasteiger partial charge in [-0.1, -0.05) is 0 Å². The summed E-state index contributed by atoms with van der Waals surface area (Å²) in [5.74, 6) is 0.612. The Labute approximate surface area is 146 Å². The van der Waals surface area contributed by atoms with Gasteiger partial charge in [0.25, 0.3) is 0 Å². The summed E-state index contributed by atoms with van der Waals surface area (Å²) in [5, 5.41) is 11.0. The second-order valence-corrected chi connectivity index (χ2v) is 7.67. The van der Waals surface area contributed by atoms with Gasteiger partial charge in [-0.25, -0.2) is 9.78 Å². The fraction of sp³-hybridized carbons (Fsp3) is 0.800. The number of methoxy groups -OCH3 is 1. The van der Waals surface area contributed by atoms with Crippen LogP contribution in [0.25, 0.3) is 0 Å². The Kier molecular flexibility index (Phi) is 5.67. The van der Waals surface area contributed by atoms with Crippen molar-refractivity contribution in [2.75, 3.05) is 32.1 Å². The average Bonchev–Trinajstić information content (AvgIpc) is 3.11. The van der Waals surface area contributed by atoms with E-state index in [1.165, 1.54) is 16.4 Å². The highest BCUT2D eigenvalue weighted by Gasteiger charge is 2.39. The van der Waals surface area contributed by atoms with E-state index in [-0.39, 0.29) is 18.7 Å². The Morgan fingerprint density at radius 3 is 2.71 bits per heavy atom. The monoisotopic (exact) mass is 358 g/mol. The number of anilines is 1. The molecule has 8 nitrogen and oxygen atoms in total. The van der Waals surface area contributed by atoms with E-state index in [0.29, 0.717) is 17.5 Å². The van der Waals surface area contributed by atoms with E-state index in [9.17, 15) is 9.90 Å². The predicted molar refractivity (Wildman–Crippen MR) is 91.3 cm³/mol. The first-order valence-corrected chi connectivity index (χ1v) is 8.65. The van der Waals surface area contributed by atoms with Crippen LogP contribution in [0.2, 0.25) is 0 Å². The van der Waals surface area contributed by atoms with E-state index in [0.717, 1.165) is 0 Å². The number of aliphatic hydroxyl groups excluding tert-OH is 1. The van der Waals surface area contributed by atoms with Gasteiger partial charge in [-0.05, 0) is 27.7 Å². The molecule has 1 amide bonds. The molecule has 0 radical (unpaired) electrons. The number of carbonyl (C=O) groups excluding carboxylic acids is 1. The van der Waals surface area contributed by atoms with Crippen molar-refractivity contribution < 1.29 is 19.4 Å². The van der Waals surface area contributed by atoms with Crippen LogP contribution < -0.4 is 4.90 Å². The maximum Gasteiger partial charge on any atom is 0.410 e. The van der Waals surface area contributed by atoms with Gasteiger partial charge in [-0.15, -0.1) is 0 Å². The molecule has 24 heavy (non-hydrogen) atoms. The summed E-state index contributed by atoms with van der Waals surface area (Å²) in [4.78, 5) is 20.0. The number of β-amino-alcohol motifs (C(OH)–C–C–N with tert-alkyl or cyclic N) is 1. The second kappa shape index (κ2) is 7.20. The summed E-state index contributed by atoms with van der Waals surface area (Å²) in [7, 11) is 3.45. The van der Waals surface area contributed by atoms with E-state index < -0.39 is 17.8 Å². The van der Waals surface area contributed by atoms with Crippen LogP contribution in [0.3, 0.4) is 0 Å². The largest absolute Gasteiger partial charge is 0.444 e. The lowest BCUT2D eigenvalue weighted by atomic mass is 10.2. The molecule has 136 valence electrons. The van der Waals surface area contributed by atoms with Gasteiger partial charge in [-0.3, -0.25) is 0 Å². The van der Waals surface area contributed by atoms with Crippen LogP contribution in [0.1, 0.15) is 39.6 Å². The molecule has 2 heterocycles. The number of ether oxygens (including phenoxy) is 2. The lowest BCUT2D eigenvalue weighted by Gasteiger charge is -2.26. The van der Waals surface area contributed by atoms with Crippen LogP contribution in [0.4, 0.5) is 9.93 Å². The molecule has 2 rings (SSSR count). The number of likely N-dealkylation sites (N-methyl/N-ethyl adjacent to an activating group) is 1. The van der Waals surface area contributed by atoms with Crippen LogP contribution in [-0.4, -0.2) is 70.5 Å². The molecule has 3 atom stereocenters. The molecule has 1 aliphatic heterocycles. The maximum atomic E-state index is 12.2. The molecule has 1 aliphatic rings. The number of hydrogen-bond donors (Lipinski definition) is 1. The third-order valence-electron chi connectivity index (χ3n) is 3.86. The van der Waals surface area contributed by atoms with Crippen molar-refractivity contribution in [1.82, 2.24) is 14.3 Å². The van der Waals surface area contributed by atoms with Crippen LogP contribution in [0.15, 0.2) is 0 Å². The number of hydrogen-bond acceptors (Lipinski definition) is 8. The minimum Gasteiger partial charge on any atom is -0.444 e. The first-order valence-electron chi connectivity index (χ1n) is 7.87. The number of carbonyl (C=O) groups is 1. The number of nitrogens with zero attached hydrogens (tertiary/aromatic N) is 4. The zero-order chi connectivity index (χ0) is 18.1. The normalized spacial score (nSPS) is 22.5. The van der Waals surface area contributed by atoms with Crippen molar-refractivity contribution in [3.05, 3.63) is 5.82 Å². The minimum atomic E-state index is -0.672. The quantitative estimate of drug-likeness (QED) is 0.876. The van der Waals surface area contributed by atoms with Gasteiger partial charge >= 0.3 is 6.09 Å². The van der Waals surface area contributed by atoms with Crippen LogP contribution in [0.5, 0.6) is 0 Å². The average molecular weight is 358 g/mol. The summed E-state index contributed by atoms with van der Waals surface area (Å²) in [6, 6.07) is -0.254. The molecule has 1 aromatic rings. The molecule has 0 aliphatic carbocycles. The summed E-state index contributed by atoms with van der Waals surface area (Å²) < 4.78 is 14.9. The lowest BCUT2D eigenvalue weighted by molar-refractivity contribution is 0.0270. The summed E-state index contributed by atoms with van der Waals surface area (Å²) >= 11 is 1.25. The van der Waals surface area contributed by atoms with Gasteiger partial charge < -0.3 is 24.4 Å². The second-order valence-electron chi connectivity index (χ2n) is 6.94. The van der Waals surface area contributed by atoms with Gasteiger partial charge in [0, 0.05) is 32.2 Å². The SMILES string of the molecule is COC(C)c1nsc(N(C)[C@H]2CN(C(=O)OC(C)(C)C)C[C@@H]2O)n1. The highest BCUT2D eigenvalue weighted by Crippen LogP contribution is 2.26. The molecule has 1 unspecified atom stereocenters. The van der Waals surface area contributed by atoms with Gasteiger partial charge in [0.05, 0.1) is 18.7 Å². The maximum absolute atomic E-state index is 12.2. The van der Waals surface area contributed by atoms with Crippen molar-refractivity contribution in [2.45, 2.75) is 51.5 Å². The molecule has 1 aromatic heterocycles. The summed E-state index contributed by atoms with van der Waals surface area (Å²) in [6.07, 6.45) is -1.27. The lowest BCUT2D eigenvalue weighted by Crippen LogP contribution is -2.41. The fourth-order valence-electron chi connectivity index (χ4n) is 2.41. The Hall–Kier alpha value is -1.45. The number of rotatable bonds is 4. The van der Waals surface area contributed by atoms with Crippen LogP contribution in [-0.2, 0) is 9.47 Å². The molecule has 1 N–H and O–H groups in total. The Balaban J connectivity index is 2.04. The van der Waals surface area contributed by atoms with Crippen molar-refractivity contribution in [3.8, 4) is 0 Å². The molecule has 9 heteroatoms.